The molecular weight excluding hydrogens is 272 g/mol. The number of hydrogen-bond donors (Lipinski definition) is 0. The third-order valence-corrected chi connectivity index (χ3v) is 4.35. The molecule has 1 aliphatic heterocycles. The van der Waals surface area contributed by atoms with Crippen LogP contribution in [0.3, 0.4) is 0 Å². The molecule has 0 radical (unpaired) electrons. The molecule has 1 fully saturated rings. The molecule has 2 aromatic rings. The first-order chi connectivity index (χ1) is 9.88. The normalized spacial score (nSPS) is 15.8. The van der Waals surface area contributed by atoms with Crippen LogP contribution >= 0.6 is 11.8 Å². The highest BCUT2D eigenvalue weighted by molar-refractivity contribution is 7.99. The summed E-state index contributed by atoms with van der Waals surface area (Å²) >= 11 is 1.73. The lowest BCUT2D eigenvalue weighted by molar-refractivity contribution is 0.479. The van der Waals surface area contributed by atoms with Crippen LogP contribution in [-0.4, -0.2) is 33.6 Å². The average molecular weight is 292 g/mol. The number of aromatic nitrogens is 3. The van der Waals surface area contributed by atoms with Crippen molar-refractivity contribution in [2.75, 3.05) is 23.7 Å². The van der Waals surface area contributed by atoms with Crippen molar-refractivity contribution in [3.63, 3.8) is 0 Å². The molecule has 0 bridgehead atoms. The standard InChI is InChI=1S/C14H20N4OS/c1-2-20-14-16-15-13(17-8-4-3-5-9-17)18(14)11-12-7-6-10-19-12/h6-7,10H,2-5,8-9,11H2,1H3. The SMILES string of the molecule is CCSc1nnc(N2CCCCC2)n1Cc1ccco1. The second-order valence-corrected chi connectivity index (χ2v) is 6.16. The van der Waals surface area contributed by atoms with Crippen molar-refractivity contribution in [3.05, 3.63) is 24.2 Å². The molecule has 1 aliphatic rings. The smallest absolute Gasteiger partial charge is 0.228 e. The van der Waals surface area contributed by atoms with Crippen LogP contribution in [0.4, 0.5) is 5.95 Å². The molecule has 20 heavy (non-hydrogen) atoms. The third-order valence-electron chi connectivity index (χ3n) is 3.50. The molecule has 108 valence electrons. The zero-order chi connectivity index (χ0) is 13.8. The van der Waals surface area contributed by atoms with E-state index >= 15 is 0 Å². The number of furan rings is 1. The Hall–Kier alpha value is -1.43. The summed E-state index contributed by atoms with van der Waals surface area (Å²) < 4.78 is 7.66. The van der Waals surface area contributed by atoms with Crippen LogP contribution in [0, 0.1) is 0 Å². The number of nitrogens with zero attached hydrogens (tertiary/aromatic N) is 4. The van der Waals surface area contributed by atoms with Crippen molar-refractivity contribution >= 4 is 17.7 Å². The monoisotopic (exact) mass is 292 g/mol. The van der Waals surface area contributed by atoms with E-state index in [-0.39, 0.29) is 0 Å². The fourth-order valence-corrected chi connectivity index (χ4v) is 3.20. The Balaban J connectivity index is 1.88. The van der Waals surface area contributed by atoms with Crippen molar-refractivity contribution in [2.45, 2.75) is 37.9 Å². The lowest BCUT2D eigenvalue weighted by Crippen LogP contribution is -2.32. The van der Waals surface area contributed by atoms with E-state index in [0.717, 1.165) is 35.7 Å². The largest absolute Gasteiger partial charge is 0.467 e. The first-order valence-corrected chi connectivity index (χ1v) is 8.20. The lowest BCUT2D eigenvalue weighted by atomic mass is 10.1. The molecule has 6 heteroatoms. The van der Waals surface area contributed by atoms with Gasteiger partial charge in [-0.15, -0.1) is 10.2 Å². The van der Waals surface area contributed by atoms with E-state index in [2.05, 4.69) is 26.6 Å². The molecule has 0 amide bonds. The maximum Gasteiger partial charge on any atom is 0.228 e. The maximum absolute atomic E-state index is 5.48. The van der Waals surface area contributed by atoms with Crippen molar-refractivity contribution in [2.24, 2.45) is 0 Å². The molecule has 2 aromatic heterocycles. The first kappa shape index (κ1) is 13.5. The zero-order valence-corrected chi connectivity index (χ0v) is 12.6. The predicted molar refractivity (Wildman–Crippen MR) is 80.3 cm³/mol. The van der Waals surface area contributed by atoms with E-state index in [1.54, 1.807) is 18.0 Å². The quantitative estimate of drug-likeness (QED) is 0.793. The minimum Gasteiger partial charge on any atom is -0.467 e. The summed E-state index contributed by atoms with van der Waals surface area (Å²) in [5.74, 6) is 2.93. The molecular formula is C14H20N4OS. The van der Waals surface area contributed by atoms with E-state index in [0.29, 0.717) is 6.54 Å². The van der Waals surface area contributed by atoms with Gasteiger partial charge in [0.2, 0.25) is 5.95 Å². The molecule has 3 heterocycles. The number of anilines is 1. The Kier molecular flexibility index (Phi) is 4.30. The second-order valence-electron chi connectivity index (χ2n) is 4.93. The molecule has 0 aromatic carbocycles. The first-order valence-electron chi connectivity index (χ1n) is 7.22. The highest BCUT2D eigenvalue weighted by Gasteiger charge is 2.20. The van der Waals surface area contributed by atoms with Crippen LogP contribution in [0.5, 0.6) is 0 Å². The van der Waals surface area contributed by atoms with Gasteiger partial charge >= 0.3 is 0 Å². The molecule has 0 N–H and O–H groups in total. The zero-order valence-electron chi connectivity index (χ0n) is 11.8. The maximum atomic E-state index is 5.48. The fraction of sp³-hybridized carbons (Fsp3) is 0.571. The van der Waals surface area contributed by atoms with Crippen LogP contribution in [0.1, 0.15) is 31.9 Å². The van der Waals surface area contributed by atoms with Gasteiger partial charge in [-0.1, -0.05) is 18.7 Å². The Morgan fingerprint density at radius 3 is 2.80 bits per heavy atom. The summed E-state index contributed by atoms with van der Waals surface area (Å²) in [5, 5.41) is 9.75. The summed E-state index contributed by atoms with van der Waals surface area (Å²) in [4.78, 5) is 2.35. The van der Waals surface area contributed by atoms with E-state index in [1.807, 2.05) is 12.1 Å². The van der Waals surface area contributed by atoms with Gasteiger partial charge in [0.05, 0.1) is 12.8 Å². The number of hydrogen-bond acceptors (Lipinski definition) is 5. The summed E-state index contributed by atoms with van der Waals surface area (Å²) in [7, 11) is 0. The highest BCUT2D eigenvalue weighted by atomic mass is 32.2. The van der Waals surface area contributed by atoms with Gasteiger partial charge in [0.25, 0.3) is 0 Å². The Morgan fingerprint density at radius 1 is 1.25 bits per heavy atom. The number of thioether (sulfide) groups is 1. The van der Waals surface area contributed by atoms with E-state index in [1.165, 1.54) is 19.3 Å². The van der Waals surface area contributed by atoms with E-state index in [4.69, 9.17) is 4.42 Å². The van der Waals surface area contributed by atoms with Gasteiger partial charge in [0, 0.05) is 13.1 Å². The van der Waals surface area contributed by atoms with Gasteiger partial charge in [-0.2, -0.15) is 0 Å². The molecule has 5 nitrogen and oxygen atoms in total. The number of rotatable bonds is 5. The van der Waals surface area contributed by atoms with Crippen molar-refractivity contribution in [3.8, 4) is 0 Å². The Morgan fingerprint density at radius 2 is 2.10 bits per heavy atom. The van der Waals surface area contributed by atoms with Crippen LogP contribution in [-0.2, 0) is 6.54 Å². The van der Waals surface area contributed by atoms with E-state index in [9.17, 15) is 0 Å². The average Bonchev–Trinajstić information content (AvgIpc) is 3.12. The molecule has 0 atom stereocenters. The topological polar surface area (TPSA) is 47.1 Å². The predicted octanol–water partition coefficient (Wildman–Crippen LogP) is 3.02. The summed E-state index contributed by atoms with van der Waals surface area (Å²) in [6.07, 6.45) is 5.51. The molecule has 0 spiro atoms. The van der Waals surface area contributed by atoms with Crippen LogP contribution in [0.2, 0.25) is 0 Å². The summed E-state index contributed by atoms with van der Waals surface area (Å²) in [5.41, 5.74) is 0. The van der Waals surface area contributed by atoms with Crippen molar-refractivity contribution < 1.29 is 4.42 Å². The molecule has 0 unspecified atom stereocenters. The third kappa shape index (κ3) is 2.85. The van der Waals surface area contributed by atoms with Crippen LogP contribution < -0.4 is 4.90 Å². The lowest BCUT2D eigenvalue weighted by Gasteiger charge is -2.27. The second kappa shape index (κ2) is 6.35. The molecule has 0 aliphatic carbocycles. The molecule has 0 saturated carbocycles. The minimum absolute atomic E-state index is 0.703. The molecule has 1 saturated heterocycles. The van der Waals surface area contributed by atoms with Crippen molar-refractivity contribution in [1.82, 2.24) is 14.8 Å². The highest BCUT2D eigenvalue weighted by Crippen LogP contribution is 2.25. The van der Waals surface area contributed by atoms with Gasteiger partial charge in [0.15, 0.2) is 5.16 Å². The van der Waals surface area contributed by atoms with Crippen LogP contribution in [0.15, 0.2) is 28.0 Å². The van der Waals surface area contributed by atoms with Gasteiger partial charge in [-0.25, -0.2) is 0 Å². The number of piperidine rings is 1. The summed E-state index contributed by atoms with van der Waals surface area (Å²) in [6, 6.07) is 3.92. The molecule has 3 rings (SSSR count). The van der Waals surface area contributed by atoms with Crippen LogP contribution in [0.25, 0.3) is 0 Å². The van der Waals surface area contributed by atoms with E-state index < -0.39 is 0 Å². The van der Waals surface area contributed by atoms with Gasteiger partial charge in [0.1, 0.15) is 5.76 Å². The minimum atomic E-state index is 0.703. The van der Waals surface area contributed by atoms with Gasteiger partial charge in [-0.3, -0.25) is 4.57 Å². The summed E-state index contributed by atoms with van der Waals surface area (Å²) in [6.45, 7) is 4.99. The van der Waals surface area contributed by atoms with Gasteiger partial charge in [-0.05, 0) is 37.1 Å². The van der Waals surface area contributed by atoms with Gasteiger partial charge < -0.3 is 9.32 Å². The van der Waals surface area contributed by atoms with Crippen molar-refractivity contribution in [1.29, 1.82) is 0 Å². The Labute approximate surface area is 123 Å². The fourth-order valence-electron chi connectivity index (χ4n) is 2.54. The Bertz CT molecular complexity index is 531.